The second-order valence-corrected chi connectivity index (χ2v) is 17.3. The summed E-state index contributed by atoms with van der Waals surface area (Å²) in [7, 11) is 0. The molecule has 58 heavy (non-hydrogen) atoms. The largest absolute Gasteiger partial charge is 0.387 e. The van der Waals surface area contributed by atoms with E-state index in [1.165, 1.54) is 6.92 Å². The van der Waals surface area contributed by atoms with Gasteiger partial charge in [-0.2, -0.15) is 0 Å². The number of aromatic amines is 2. The fraction of sp³-hybridized carbons (Fsp3) is 0.349. The first kappa shape index (κ1) is 39.0. The highest BCUT2D eigenvalue weighted by Gasteiger charge is 2.38. The molecule has 0 saturated carbocycles. The van der Waals surface area contributed by atoms with Crippen molar-refractivity contribution in [3.05, 3.63) is 94.5 Å². The Labute approximate surface area is 343 Å². The third kappa shape index (κ3) is 8.00. The van der Waals surface area contributed by atoms with E-state index in [2.05, 4.69) is 49.6 Å². The quantitative estimate of drug-likeness (QED) is 0.106. The van der Waals surface area contributed by atoms with Crippen LogP contribution in [0.4, 0.5) is 0 Å². The van der Waals surface area contributed by atoms with Crippen molar-refractivity contribution in [1.29, 1.82) is 0 Å². The summed E-state index contributed by atoms with van der Waals surface area (Å²) in [6.07, 6.45) is 5.02. The Balaban J connectivity index is 0.949. The molecule has 4 amide bonds. The molecule has 0 spiro atoms. The summed E-state index contributed by atoms with van der Waals surface area (Å²) in [5, 5.41) is 14.7. The number of aliphatic hydroxyl groups is 1. The third-order valence-corrected chi connectivity index (χ3v) is 13.0. The number of carbonyl (C=O) groups is 4. The molecule has 4 aromatic heterocycles. The molecule has 5 N–H and O–H groups in total. The van der Waals surface area contributed by atoms with Crippen molar-refractivity contribution in [3.8, 4) is 22.4 Å². The van der Waals surface area contributed by atoms with Crippen LogP contribution in [0, 0.1) is 17.8 Å². The van der Waals surface area contributed by atoms with Crippen LogP contribution in [0.25, 0.3) is 31.0 Å². The molecular weight excluding hydrogens is 773 g/mol. The van der Waals surface area contributed by atoms with Crippen LogP contribution in [0.15, 0.2) is 66.9 Å². The molecule has 13 nitrogen and oxygen atoms in total. The molecule has 6 aromatic rings. The molecule has 8 rings (SSSR count). The summed E-state index contributed by atoms with van der Waals surface area (Å²) in [5.74, 6) is 6.79. The number of benzene rings is 2. The lowest BCUT2D eigenvalue weighted by Gasteiger charge is -2.30. The lowest BCUT2D eigenvalue weighted by atomic mass is 10.0. The van der Waals surface area contributed by atoms with Gasteiger partial charge < -0.3 is 35.5 Å². The zero-order chi connectivity index (χ0) is 40.5. The minimum Gasteiger partial charge on any atom is -0.387 e. The van der Waals surface area contributed by atoms with Crippen molar-refractivity contribution >= 4 is 66.7 Å². The van der Waals surface area contributed by atoms with E-state index in [9.17, 15) is 24.3 Å². The number of imidazole rings is 2. The van der Waals surface area contributed by atoms with Crippen LogP contribution in [0.3, 0.4) is 0 Å². The van der Waals surface area contributed by atoms with E-state index in [0.29, 0.717) is 18.9 Å². The first-order chi connectivity index (χ1) is 28.1. The van der Waals surface area contributed by atoms with Crippen molar-refractivity contribution in [3.63, 3.8) is 0 Å². The van der Waals surface area contributed by atoms with Gasteiger partial charge in [-0.05, 0) is 67.5 Å². The number of aliphatic hydroxyl groups excluding tert-OH is 1. The normalized spacial score (nSPS) is 17.7. The highest BCUT2D eigenvalue weighted by Crippen LogP contribution is 2.39. The summed E-state index contributed by atoms with van der Waals surface area (Å²) in [5.41, 5.74) is 4.09. The number of nitrogens with one attached hydrogen (secondary N) is 4. The summed E-state index contributed by atoms with van der Waals surface area (Å²) < 4.78 is 2.24. The maximum Gasteiger partial charge on any atom is 0.250 e. The van der Waals surface area contributed by atoms with Crippen LogP contribution < -0.4 is 10.6 Å². The van der Waals surface area contributed by atoms with E-state index in [-0.39, 0.29) is 35.7 Å². The van der Waals surface area contributed by atoms with Crippen LogP contribution in [0.5, 0.6) is 0 Å². The van der Waals surface area contributed by atoms with Crippen molar-refractivity contribution in [1.82, 2.24) is 40.4 Å². The number of fused-ring (bicyclic) bond motifs is 2. The fourth-order valence-corrected chi connectivity index (χ4v) is 10.1. The van der Waals surface area contributed by atoms with Gasteiger partial charge in [-0.25, -0.2) is 9.97 Å². The van der Waals surface area contributed by atoms with Crippen LogP contribution in [0.1, 0.15) is 92.2 Å². The number of hydrogen-bond donors (Lipinski definition) is 5. The van der Waals surface area contributed by atoms with Gasteiger partial charge in [0.25, 0.3) is 0 Å². The molecule has 0 radical (unpaired) electrons. The molecule has 0 aliphatic carbocycles. The number of H-pyrrole nitrogens is 2. The second-order valence-electron chi connectivity index (χ2n) is 15.1. The van der Waals surface area contributed by atoms with E-state index < -0.39 is 24.6 Å². The van der Waals surface area contributed by atoms with E-state index in [0.717, 1.165) is 78.5 Å². The van der Waals surface area contributed by atoms with Gasteiger partial charge in [0.05, 0.1) is 44.8 Å². The van der Waals surface area contributed by atoms with Crippen molar-refractivity contribution in [2.24, 2.45) is 5.92 Å². The summed E-state index contributed by atoms with van der Waals surface area (Å²) >= 11 is 3.28. The minimum absolute atomic E-state index is 0.135. The Hall–Kier alpha value is -5.82. The van der Waals surface area contributed by atoms with Crippen molar-refractivity contribution in [2.75, 3.05) is 19.7 Å². The SMILES string of the molecule is CC(=O)N[C@@H](C(=O)N1CCCC1c1nc2cc(C#Cc3cc4sc(-c5cnc([C@@H]6CCCN6C(=O)[C@@H](NC(=O)CO)C(C)C)[nH]5)cc4s3)ccc2[nH]1)c1ccccc1. The molecule has 2 saturated heterocycles. The molecule has 6 heterocycles. The maximum atomic E-state index is 13.9. The van der Waals surface area contributed by atoms with Gasteiger partial charge >= 0.3 is 0 Å². The predicted molar refractivity (Wildman–Crippen MR) is 224 cm³/mol. The molecule has 4 atom stereocenters. The molecule has 1 unspecified atom stereocenters. The summed E-state index contributed by atoms with van der Waals surface area (Å²) in [6.45, 7) is 5.67. The van der Waals surface area contributed by atoms with Gasteiger partial charge in [-0.3, -0.25) is 19.2 Å². The molecule has 298 valence electrons. The predicted octanol–water partition coefficient (Wildman–Crippen LogP) is 5.97. The minimum atomic E-state index is -0.769. The Morgan fingerprint density at radius 3 is 2.31 bits per heavy atom. The Morgan fingerprint density at radius 1 is 0.879 bits per heavy atom. The van der Waals surface area contributed by atoms with E-state index in [1.54, 1.807) is 27.6 Å². The zero-order valence-electron chi connectivity index (χ0n) is 32.4. The van der Waals surface area contributed by atoms with Crippen LogP contribution in [-0.4, -0.2) is 84.2 Å². The number of likely N-dealkylation sites (tertiary alicyclic amines) is 2. The number of aromatic nitrogens is 4. The van der Waals surface area contributed by atoms with Gasteiger partial charge in [0.15, 0.2) is 0 Å². The average Bonchev–Trinajstić information content (AvgIpc) is 4.07. The maximum absolute atomic E-state index is 13.9. The smallest absolute Gasteiger partial charge is 0.250 e. The van der Waals surface area contributed by atoms with Gasteiger partial charge in [0.2, 0.25) is 23.6 Å². The Morgan fingerprint density at radius 2 is 1.60 bits per heavy atom. The van der Waals surface area contributed by atoms with Gasteiger partial charge in [-0.15, -0.1) is 22.7 Å². The fourth-order valence-electron chi connectivity index (χ4n) is 7.90. The number of amides is 4. The molecule has 2 aliphatic heterocycles. The van der Waals surface area contributed by atoms with Crippen LogP contribution in [-0.2, 0) is 19.2 Å². The first-order valence-corrected chi connectivity index (χ1v) is 21.1. The number of nitrogens with zero attached hydrogens (tertiary/aromatic N) is 4. The number of rotatable bonds is 10. The van der Waals surface area contributed by atoms with Gasteiger partial charge in [0.1, 0.15) is 30.3 Å². The monoisotopic (exact) mass is 816 g/mol. The first-order valence-electron chi connectivity index (χ1n) is 19.5. The van der Waals surface area contributed by atoms with Crippen LogP contribution in [0.2, 0.25) is 0 Å². The van der Waals surface area contributed by atoms with Gasteiger partial charge in [0, 0.05) is 35.0 Å². The second kappa shape index (κ2) is 16.6. The summed E-state index contributed by atoms with van der Waals surface area (Å²) in [4.78, 5) is 73.5. The molecule has 0 bridgehead atoms. The topological polar surface area (TPSA) is 176 Å². The van der Waals surface area contributed by atoms with E-state index in [4.69, 9.17) is 4.98 Å². The van der Waals surface area contributed by atoms with E-state index >= 15 is 0 Å². The highest BCUT2D eigenvalue weighted by molar-refractivity contribution is 7.29. The Bertz CT molecular complexity index is 2530. The Kier molecular flexibility index (Phi) is 11.2. The molecule has 15 heteroatoms. The number of hydrogen-bond acceptors (Lipinski definition) is 9. The molecule has 2 fully saturated rings. The van der Waals surface area contributed by atoms with Crippen molar-refractivity contribution < 1.29 is 24.3 Å². The summed E-state index contributed by atoms with van der Waals surface area (Å²) in [6, 6.07) is 17.5. The standard InChI is InChI=1S/C43H44N8O5S2/c1-24(2)38(49-37(54)23-52)42(55)50-17-7-11-32(50)40-44-22-31(48-40)34-21-36-35(58-34)20-28(57-36)15-13-26-14-16-29-30(19-26)47-41(46-29)33-12-8-18-51(33)43(56)39(45-25(3)53)27-9-5-4-6-10-27/h4-6,9-10,14,16,19-22,24,32-33,38-39,52H,7-8,11-12,17-18,23H2,1-3H3,(H,44,48)(H,45,53)(H,46,47)(H,49,54)/t32-,33?,38-,39+/m0/s1. The van der Waals surface area contributed by atoms with Crippen molar-refractivity contribution in [2.45, 2.75) is 70.6 Å². The lowest BCUT2D eigenvalue weighted by Crippen LogP contribution is -2.51. The number of carbonyl (C=O) groups excluding carboxylic acids is 4. The average molecular weight is 817 g/mol. The molecule has 2 aromatic carbocycles. The zero-order valence-corrected chi connectivity index (χ0v) is 34.0. The van der Waals surface area contributed by atoms with E-state index in [1.807, 2.05) is 73.5 Å². The number of thiophene rings is 2. The third-order valence-electron chi connectivity index (χ3n) is 10.7. The van der Waals surface area contributed by atoms with Crippen LogP contribution >= 0.6 is 22.7 Å². The van der Waals surface area contributed by atoms with Gasteiger partial charge in [-0.1, -0.05) is 56.0 Å². The lowest BCUT2D eigenvalue weighted by molar-refractivity contribution is -0.139. The molecule has 2 aliphatic rings. The molecular formula is C43H44N8O5S2. The highest BCUT2D eigenvalue weighted by atomic mass is 32.1.